The van der Waals surface area contributed by atoms with Crippen molar-refractivity contribution in [1.82, 2.24) is 5.32 Å². The number of hydrogen-bond donors (Lipinski definition) is 1. The summed E-state index contributed by atoms with van der Waals surface area (Å²) in [4.78, 5) is 12.0. The van der Waals surface area contributed by atoms with Crippen LogP contribution in [0.3, 0.4) is 0 Å². The summed E-state index contributed by atoms with van der Waals surface area (Å²) in [5, 5.41) is 3.15. The lowest BCUT2D eigenvalue weighted by Gasteiger charge is -2.36. The summed E-state index contributed by atoms with van der Waals surface area (Å²) >= 11 is 5.86. The van der Waals surface area contributed by atoms with Crippen LogP contribution in [0.1, 0.15) is 59.8 Å². The van der Waals surface area contributed by atoms with Crippen LogP contribution >= 0.6 is 11.6 Å². The molecule has 1 aliphatic rings. The average molecular weight is 274 g/mol. The number of carbonyl (C=O) groups excluding carboxylic acids is 1. The number of hydrogen-bond acceptors (Lipinski definition) is 1. The number of rotatable bonds is 4. The first-order valence-electron chi connectivity index (χ1n) is 7.22. The predicted octanol–water partition coefficient (Wildman–Crippen LogP) is 3.97. The summed E-state index contributed by atoms with van der Waals surface area (Å²) in [6.45, 7) is 9.59. The third kappa shape index (κ3) is 5.17. The SMILES string of the molecule is CC(Cl)CCNC(=O)C1CCC(C(C)(C)C)CC1. The second kappa shape index (κ2) is 6.79. The summed E-state index contributed by atoms with van der Waals surface area (Å²) < 4.78 is 0. The Morgan fingerprint density at radius 1 is 1.28 bits per heavy atom. The Labute approximate surface area is 117 Å². The molecule has 0 aromatic heterocycles. The predicted molar refractivity (Wildman–Crippen MR) is 77.8 cm³/mol. The molecule has 2 nitrogen and oxygen atoms in total. The zero-order valence-electron chi connectivity index (χ0n) is 12.3. The lowest BCUT2D eigenvalue weighted by atomic mass is 9.69. The summed E-state index contributed by atoms with van der Waals surface area (Å²) in [5.74, 6) is 1.23. The van der Waals surface area contributed by atoms with Gasteiger partial charge >= 0.3 is 0 Å². The van der Waals surface area contributed by atoms with E-state index in [4.69, 9.17) is 11.6 Å². The first-order chi connectivity index (χ1) is 8.30. The van der Waals surface area contributed by atoms with Gasteiger partial charge in [0.05, 0.1) is 0 Å². The van der Waals surface area contributed by atoms with Crippen LogP contribution in [0.15, 0.2) is 0 Å². The molecule has 1 N–H and O–H groups in total. The van der Waals surface area contributed by atoms with Gasteiger partial charge in [0.2, 0.25) is 5.91 Å². The van der Waals surface area contributed by atoms with Gasteiger partial charge in [-0.3, -0.25) is 4.79 Å². The first-order valence-corrected chi connectivity index (χ1v) is 7.66. The Hall–Kier alpha value is -0.240. The molecule has 1 saturated carbocycles. The Morgan fingerprint density at radius 2 is 1.83 bits per heavy atom. The molecule has 1 atom stereocenters. The van der Waals surface area contributed by atoms with Crippen LogP contribution in [-0.4, -0.2) is 17.8 Å². The van der Waals surface area contributed by atoms with Crippen LogP contribution in [0.2, 0.25) is 0 Å². The summed E-state index contributed by atoms with van der Waals surface area (Å²) in [6, 6.07) is 0. The van der Waals surface area contributed by atoms with Crippen molar-refractivity contribution in [3.63, 3.8) is 0 Å². The summed E-state index contributed by atoms with van der Waals surface area (Å²) in [5.41, 5.74) is 0.384. The van der Waals surface area contributed by atoms with E-state index in [0.717, 1.165) is 25.2 Å². The Balaban J connectivity index is 2.28. The van der Waals surface area contributed by atoms with E-state index in [1.54, 1.807) is 0 Å². The van der Waals surface area contributed by atoms with Gasteiger partial charge in [-0.2, -0.15) is 0 Å². The van der Waals surface area contributed by atoms with Gasteiger partial charge in [0.25, 0.3) is 0 Å². The van der Waals surface area contributed by atoms with Crippen molar-refractivity contribution < 1.29 is 4.79 Å². The van der Waals surface area contributed by atoms with Crippen LogP contribution in [0, 0.1) is 17.3 Å². The van der Waals surface area contributed by atoms with E-state index < -0.39 is 0 Å². The monoisotopic (exact) mass is 273 g/mol. The van der Waals surface area contributed by atoms with Crippen molar-refractivity contribution in [3.05, 3.63) is 0 Å². The van der Waals surface area contributed by atoms with Crippen molar-refractivity contribution in [2.45, 2.75) is 65.2 Å². The van der Waals surface area contributed by atoms with E-state index in [0.29, 0.717) is 12.0 Å². The minimum Gasteiger partial charge on any atom is -0.356 e. The molecule has 1 fully saturated rings. The third-order valence-corrected chi connectivity index (χ3v) is 4.38. The van der Waals surface area contributed by atoms with E-state index in [1.807, 2.05) is 6.92 Å². The fourth-order valence-electron chi connectivity index (χ4n) is 2.76. The normalized spacial score (nSPS) is 26.7. The standard InChI is InChI=1S/C15H28ClNO/c1-11(16)9-10-17-14(18)12-5-7-13(8-6-12)15(2,3)4/h11-13H,5-10H2,1-4H3,(H,17,18). The van der Waals surface area contributed by atoms with Gasteiger partial charge in [-0.25, -0.2) is 0 Å². The molecule has 1 rings (SSSR count). The maximum atomic E-state index is 12.0. The van der Waals surface area contributed by atoms with E-state index in [1.165, 1.54) is 12.8 Å². The summed E-state index contributed by atoms with van der Waals surface area (Å²) in [6.07, 6.45) is 5.32. The molecule has 18 heavy (non-hydrogen) atoms. The fourth-order valence-corrected chi connectivity index (χ4v) is 2.87. The second-order valence-electron chi connectivity index (χ2n) is 6.78. The fraction of sp³-hybridized carbons (Fsp3) is 0.933. The van der Waals surface area contributed by atoms with Gasteiger partial charge in [-0.15, -0.1) is 11.6 Å². The van der Waals surface area contributed by atoms with E-state index in [2.05, 4.69) is 26.1 Å². The van der Waals surface area contributed by atoms with E-state index in [9.17, 15) is 4.79 Å². The second-order valence-corrected chi connectivity index (χ2v) is 7.52. The highest BCUT2D eigenvalue weighted by Crippen LogP contribution is 2.39. The quantitative estimate of drug-likeness (QED) is 0.772. The minimum absolute atomic E-state index is 0.141. The highest BCUT2D eigenvalue weighted by molar-refractivity contribution is 6.20. The van der Waals surface area contributed by atoms with Crippen molar-refractivity contribution in [3.8, 4) is 0 Å². The number of alkyl halides is 1. The lowest BCUT2D eigenvalue weighted by Crippen LogP contribution is -2.36. The summed E-state index contributed by atoms with van der Waals surface area (Å²) in [7, 11) is 0. The molecule has 3 heteroatoms. The first kappa shape index (κ1) is 15.8. The molecule has 0 heterocycles. The number of amides is 1. The van der Waals surface area contributed by atoms with Gasteiger partial charge in [0.1, 0.15) is 0 Å². The topological polar surface area (TPSA) is 29.1 Å². The molecule has 0 radical (unpaired) electrons. The van der Waals surface area contributed by atoms with Gasteiger partial charge in [-0.1, -0.05) is 20.8 Å². The largest absolute Gasteiger partial charge is 0.356 e. The van der Waals surface area contributed by atoms with Gasteiger partial charge in [-0.05, 0) is 50.4 Å². The smallest absolute Gasteiger partial charge is 0.223 e. The Bertz CT molecular complexity index is 262. The number of carbonyl (C=O) groups is 1. The van der Waals surface area contributed by atoms with E-state index >= 15 is 0 Å². The van der Waals surface area contributed by atoms with Crippen molar-refractivity contribution in [2.75, 3.05) is 6.54 Å². The van der Waals surface area contributed by atoms with Crippen LogP contribution in [0.25, 0.3) is 0 Å². The molecule has 1 unspecified atom stereocenters. The van der Waals surface area contributed by atoms with Crippen molar-refractivity contribution >= 4 is 17.5 Å². The van der Waals surface area contributed by atoms with E-state index in [-0.39, 0.29) is 17.2 Å². The van der Waals surface area contributed by atoms with Crippen LogP contribution in [-0.2, 0) is 4.79 Å². The molecule has 0 bridgehead atoms. The average Bonchev–Trinajstić information content (AvgIpc) is 2.27. The van der Waals surface area contributed by atoms with Gasteiger partial charge in [0.15, 0.2) is 0 Å². The molecule has 0 aromatic carbocycles. The number of nitrogens with one attached hydrogen (secondary N) is 1. The molecule has 0 aliphatic heterocycles. The Kier molecular flexibility index (Phi) is 5.97. The maximum Gasteiger partial charge on any atom is 0.223 e. The number of halogens is 1. The molecule has 106 valence electrons. The van der Waals surface area contributed by atoms with Crippen molar-refractivity contribution in [2.24, 2.45) is 17.3 Å². The van der Waals surface area contributed by atoms with Crippen LogP contribution in [0.4, 0.5) is 0 Å². The van der Waals surface area contributed by atoms with Gasteiger partial charge < -0.3 is 5.32 Å². The zero-order chi connectivity index (χ0) is 13.8. The molecule has 1 aliphatic carbocycles. The molecule has 0 spiro atoms. The highest BCUT2D eigenvalue weighted by atomic mass is 35.5. The lowest BCUT2D eigenvalue weighted by molar-refractivity contribution is -0.126. The molecular weight excluding hydrogens is 246 g/mol. The van der Waals surface area contributed by atoms with Crippen molar-refractivity contribution in [1.29, 1.82) is 0 Å². The highest BCUT2D eigenvalue weighted by Gasteiger charge is 2.32. The maximum absolute atomic E-state index is 12.0. The van der Waals surface area contributed by atoms with Crippen LogP contribution in [0.5, 0.6) is 0 Å². The molecule has 0 aromatic rings. The zero-order valence-corrected chi connectivity index (χ0v) is 13.0. The Morgan fingerprint density at radius 3 is 2.28 bits per heavy atom. The molecule has 0 saturated heterocycles. The molecular formula is C15H28ClNO. The van der Waals surface area contributed by atoms with Gasteiger partial charge in [0, 0.05) is 17.8 Å². The molecule has 1 amide bonds. The van der Waals surface area contributed by atoms with Crippen LogP contribution < -0.4 is 5.32 Å². The minimum atomic E-state index is 0.141. The third-order valence-electron chi connectivity index (χ3n) is 4.16.